The second kappa shape index (κ2) is 9.38. The van der Waals surface area contributed by atoms with Crippen molar-refractivity contribution >= 4 is 11.4 Å². The first-order chi connectivity index (χ1) is 11.7. The summed E-state index contributed by atoms with van der Waals surface area (Å²) in [5, 5.41) is 10.8. The normalized spacial score (nSPS) is 19.8. The minimum atomic E-state index is -0.235. The van der Waals surface area contributed by atoms with Crippen LogP contribution in [0, 0.1) is 0 Å². The van der Waals surface area contributed by atoms with E-state index in [0.29, 0.717) is 0 Å². The van der Waals surface area contributed by atoms with Crippen molar-refractivity contribution in [3.05, 3.63) is 48.2 Å². The van der Waals surface area contributed by atoms with E-state index in [1.807, 2.05) is 24.3 Å². The van der Waals surface area contributed by atoms with Crippen molar-refractivity contribution in [2.45, 2.75) is 51.6 Å². The molecule has 4 nitrogen and oxygen atoms in total. The molecular formula is C20H32N4. The van der Waals surface area contributed by atoms with Crippen LogP contribution in [0.25, 0.3) is 0 Å². The van der Waals surface area contributed by atoms with Crippen LogP contribution in [-0.4, -0.2) is 18.8 Å². The number of nitrogens with two attached hydrogens (primary N) is 1. The van der Waals surface area contributed by atoms with Gasteiger partial charge in [0.2, 0.25) is 0 Å². The van der Waals surface area contributed by atoms with Crippen LogP contribution in [0.5, 0.6) is 0 Å². The highest BCUT2D eigenvalue weighted by Gasteiger charge is 2.27. The standard InChI is InChI=1S/C20H32N4/c1-3-5-15-22-18-11-13-20(14-12-18,23-16-6-4-2)24-19-9-7-17(21)8-10-19/h7-13,22-24H,3-6,14-16,21H2,1-2H3. The van der Waals surface area contributed by atoms with Gasteiger partial charge in [-0.1, -0.05) is 32.8 Å². The number of nitrogens with one attached hydrogen (secondary N) is 3. The van der Waals surface area contributed by atoms with Crippen LogP contribution in [0.3, 0.4) is 0 Å². The summed E-state index contributed by atoms with van der Waals surface area (Å²) in [5.74, 6) is 0. The van der Waals surface area contributed by atoms with Gasteiger partial charge in [-0.3, -0.25) is 5.32 Å². The molecule has 0 aromatic heterocycles. The largest absolute Gasteiger partial charge is 0.399 e. The van der Waals surface area contributed by atoms with E-state index in [9.17, 15) is 0 Å². The maximum Gasteiger partial charge on any atom is 0.111 e. The van der Waals surface area contributed by atoms with Crippen molar-refractivity contribution in [1.82, 2.24) is 10.6 Å². The number of nitrogen functional groups attached to an aromatic ring is 1. The fourth-order valence-corrected chi connectivity index (χ4v) is 2.76. The number of hydrogen-bond donors (Lipinski definition) is 4. The van der Waals surface area contributed by atoms with Gasteiger partial charge in [0, 0.05) is 30.0 Å². The predicted molar refractivity (Wildman–Crippen MR) is 105 cm³/mol. The van der Waals surface area contributed by atoms with Crippen molar-refractivity contribution in [3.8, 4) is 0 Å². The lowest BCUT2D eigenvalue weighted by Gasteiger charge is -2.36. The van der Waals surface area contributed by atoms with Crippen molar-refractivity contribution in [3.63, 3.8) is 0 Å². The molecular weight excluding hydrogens is 296 g/mol. The molecule has 132 valence electrons. The number of unbranched alkanes of at least 4 members (excludes halogenated alkanes) is 2. The predicted octanol–water partition coefficient (Wildman–Crippen LogP) is 4.00. The van der Waals surface area contributed by atoms with Crippen LogP contribution in [0.4, 0.5) is 11.4 Å². The molecule has 0 aliphatic heterocycles. The molecule has 0 fully saturated rings. The molecule has 1 aromatic rings. The lowest BCUT2D eigenvalue weighted by Crippen LogP contribution is -2.51. The number of rotatable bonds is 10. The average Bonchev–Trinajstić information content (AvgIpc) is 2.59. The molecule has 0 bridgehead atoms. The molecule has 0 heterocycles. The van der Waals surface area contributed by atoms with E-state index in [1.165, 1.54) is 31.4 Å². The van der Waals surface area contributed by atoms with E-state index in [0.717, 1.165) is 30.9 Å². The van der Waals surface area contributed by atoms with E-state index in [2.05, 4.69) is 48.0 Å². The van der Waals surface area contributed by atoms with Gasteiger partial charge in [0.25, 0.3) is 0 Å². The van der Waals surface area contributed by atoms with Gasteiger partial charge < -0.3 is 16.4 Å². The Kier molecular flexibility index (Phi) is 7.19. The van der Waals surface area contributed by atoms with Gasteiger partial charge in [0.15, 0.2) is 0 Å². The number of anilines is 2. The smallest absolute Gasteiger partial charge is 0.111 e. The van der Waals surface area contributed by atoms with Gasteiger partial charge in [0.1, 0.15) is 5.66 Å². The Labute approximate surface area is 146 Å². The highest BCUT2D eigenvalue weighted by atomic mass is 15.2. The Morgan fingerprint density at radius 1 is 1.04 bits per heavy atom. The summed E-state index contributed by atoms with van der Waals surface area (Å²) >= 11 is 0. The highest BCUT2D eigenvalue weighted by molar-refractivity contribution is 5.54. The minimum Gasteiger partial charge on any atom is -0.399 e. The van der Waals surface area contributed by atoms with E-state index >= 15 is 0 Å². The fourth-order valence-electron chi connectivity index (χ4n) is 2.76. The molecule has 4 heteroatoms. The lowest BCUT2D eigenvalue weighted by atomic mass is 9.98. The summed E-state index contributed by atoms with van der Waals surface area (Å²) in [6.07, 6.45) is 12.4. The van der Waals surface area contributed by atoms with Crippen molar-refractivity contribution in [2.75, 3.05) is 24.1 Å². The fraction of sp³-hybridized carbons (Fsp3) is 0.500. The summed E-state index contributed by atoms with van der Waals surface area (Å²) in [6.45, 7) is 6.46. The molecule has 0 spiro atoms. The van der Waals surface area contributed by atoms with Crippen molar-refractivity contribution < 1.29 is 0 Å². The van der Waals surface area contributed by atoms with Crippen LogP contribution in [0.2, 0.25) is 0 Å². The zero-order valence-corrected chi connectivity index (χ0v) is 15.1. The highest BCUT2D eigenvalue weighted by Crippen LogP contribution is 2.24. The number of benzene rings is 1. The molecule has 1 unspecified atom stereocenters. The third-order valence-corrected chi connectivity index (χ3v) is 4.30. The molecule has 24 heavy (non-hydrogen) atoms. The summed E-state index contributed by atoms with van der Waals surface area (Å²) in [6, 6.07) is 7.93. The maximum atomic E-state index is 5.79. The summed E-state index contributed by atoms with van der Waals surface area (Å²) in [5.41, 5.74) is 8.64. The van der Waals surface area contributed by atoms with Gasteiger partial charge in [-0.2, -0.15) is 0 Å². The summed E-state index contributed by atoms with van der Waals surface area (Å²) in [4.78, 5) is 0. The Hall–Kier alpha value is -1.94. The topological polar surface area (TPSA) is 62.1 Å². The van der Waals surface area contributed by atoms with Gasteiger partial charge in [-0.15, -0.1) is 0 Å². The second-order valence-electron chi connectivity index (χ2n) is 6.48. The molecule has 0 radical (unpaired) electrons. The van der Waals surface area contributed by atoms with E-state index in [-0.39, 0.29) is 5.66 Å². The van der Waals surface area contributed by atoms with Crippen molar-refractivity contribution in [2.24, 2.45) is 0 Å². The first-order valence-electron chi connectivity index (χ1n) is 9.19. The van der Waals surface area contributed by atoms with Crippen LogP contribution in [-0.2, 0) is 0 Å². The third-order valence-electron chi connectivity index (χ3n) is 4.30. The van der Waals surface area contributed by atoms with Gasteiger partial charge in [-0.05, 0) is 55.8 Å². The molecule has 1 aromatic carbocycles. The molecule has 0 saturated heterocycles. The summed E-state index contributed by atoms with van der Waals surface area (Å²) in [7, 11) is 0. The number of hydrogen-bond acceptors (Lipinski definition) is 4. The SMILES string of the molecule is CCCCNC1=CCC(NCCCC)(Nc2ccc(N)cc2)C=C1. The first-order valence-corrected chi connectivity index (χ1v) is 9.19. The minimum absolute atomic E-state index is 0.235. The average molecular weight is 329 g/mol. The molecule has 2 rings (SSSR count). The molecule has 1 aliphatic carbocycles. The molecule has 5 N–H and O–H groups in total. The van der Waals surface area contributed by atoms with Crippen LogP contribution < -0.4 is 21.7 Å². The van der Waals surface area contributed by atoms with Crippen molar-refractivity contribution in [1.29, 1.82) is 0 Å². The Bertz CT molecular complexity index is 547. The Morgan fingerprint density at radius 2 is 1.75 bits per heavy atom. The third kappa shape index (κ3) is 5.60. The zero-order chi connectivity index (χ0) is 17.3. The van der Waals surface area contributed by atoms with Gasteiger partial charge >= 0.3 is 0 Å². The molecule has 0 amide bonds. The first kappa shape index (κ1) is 18.4. The van der Waals surface area contributed by atoms with E-state index < -0.39 is 0 Å². The summed E-state index contributed by atoms with van der Waals surface area (Å²) < 4.78 is 0. The van der Waals surface area contributed by atoms with Crippen LogP contribution in [0.15, 0.2) is 48.2 Å². The molecule has 1 atom stereocenters. The zero-order valence-electron chi connectivity index (χ0n) is 15.1. The Morgan fingerprint density at radius 3 is 2.38 bits per heavy atom. The lowest BCUT2D eigenvalue weighted by molar-refractivity contribution is 0.441. The van der Waals surface area contributed by atoms with Gasteiger partial charge in [-0.25, -0.2) is 0 Å². The van der Waals surface area contributed by atoms with E-state index in [1.54, 1.807) is 0 Å². The van der Waals surface area contributed by atoms with Gasteiger partial charge in [0.05, 0.1) is 0 Å². The van der Waals surface area contributed by atoms with E-state index in [4.69, 9.17) is 5.73 Å². The second-order valence-corrected chi connectivity index (χ2v) is 6.48. The molecule has 1 aliphatic rings. The Balaban J connectivity index is 2.02. The van der Waals surface area contributed by atoms with Crippen LogP contribution in [0.1, 0.15) is 46.0 Å². The number of allylic oxidation sites excluding steroid dienone is 1. The molecule has 0 saturated carbocycles. The maximum absolute atomic E-state index is 5.79. The van der Waals surface area contributed by atoms with Crippen LogP contribution >= 0.6 is 0 Å². The monoisotopic (exact) mass is 328 g/mol. The quantitative estimate of drug-likeness (QED) is 0.298.